The van der Waals surface area contributed by atoms with Crippen molar-refractivity contribution in [3.63, 3.8) is 0 Å². The molecular weight excluding hydrogens is 170 g/mol. The van der Waals surface area contributed by atoms with E-state index in [1.54, 1.807) is 6.07 Å². The molecule has 4 heteroatoms. The molecule has 4 nitrogen and oxygen atoms in total. The van der Waals surface area contributed by atoms with Gasteiger partial charge in [0.1, 0.15) is 6.26 Å². The molecule has 2 heterocycles. The summed E-state index contributed by atoms with van der Waals surface area (Å²) in [6.45, 7) is 2.00. The molecule has 0 amide bonds. The summed E-state index contributed by atoms with van der Waals surface area (Å²) in [7, 11) is 0. The predicted octanol–water partition coefficient (Wildman–Crippen LogP) is 1.58. The van der Waals surface area contributed by atoms with E-state index < -0.39 is 5.97 Å². The number of carbonyl (C=O) groups is 1. The van der Waals surface area contributed by atoms with Gasteiger partial charge in [0.25, 0.3) is 0 Å². The van der Waals surface area contributed by atoms with Gasteiger partial charge >= 0.3 is 5.97 Å². The summed E-state index contributed by atoms with van der Waals surface area (Å²) in [4.78, 5) is 12.7. The van der Waals surface area contributed by atoms with Crippen molar-refractivity contribution in [3.8, 4) is 0 Å². The van der Waals surface area contributed by atoms with Crippen LogP contribution in [-0.2, 0) is 0 Å². The zero-order valence-electron chi connectivity index (χ0n) is 7.19. The largest absolute Gasteiger partial charge is 0.475 e. The van der Waals surface area contributed by atoms with E-state index in [2.05, 4.69) is 4.90 Å². The first-order valence-corrected chi connectivity index (χ1v) is 4.34. The molecule has 0 aromatic carbocycles. The Morgan fingerprint density at radius 1 is 1.46 bits per heavy atom. The quantitative estimate of drug-likeness (QED) is 0.752. The molecule has 0 spiro atoms. The van der Waals surface area contributed by atoms with Gasteiger partial charge in [-0.05, 0) is 12.8 Å². The van der Waals surface area contributed by atoms with Crippen LogP contribution in [0.25, 0.3) is 0 Å². The normalized spacial score (nSPS) is 16.5. The molecule has 1 aliphatic heterocycles. The van der Waals surface area contributed by atoms with Gasteiger partial charge in [-0.2, -0.15) is 0 Å². The summed E-state index contributed by atoms with van der Waals surface area (Å²) in [5.74, 6) is -0.993. The highest BCUT2D eigenvalue weighted by Gasteiger charge is 2.16. The lowest BCUT2D eigenvalue weighted by Crippen LogP contribution is -2.16. The van der Waals surface area contributed by atoms with E-state index in [0.717, 1.165) is 18.8 Å². The van der Waals surface area contributed by atoms with Gasteiger partial charge in [0.05, 0.1) is 5.69 Å². The second-order valence-corrected chi connectivity index (χ2v) is 3.17. The van der Waals surface area contributed by atoms with Gasteiger partial charge in [-0.1, -0.05) is 0 Å². The molecule has 1 N–H and O–H groups in total. The van der Waals surface area contributed by atoms with Gasteiger partial charge in [0.15, 0.2) is 0 Å². The van der Waals surface area contributed by atoms with Gasteiger partial charge in [-0.15, -0.1) is 0 Å². The number of carboxylic acid groups (broad SMARTS) is 1. The summed E-state index contributed by atoms with van der Waals surface area (Å²) in [6.07, 6.45) is 3.86. The van der Waals surface area contributed by atoms with Gasteiger partial charge in [0.2, 0.25) is 5.76 Å². The number of anilines is 1. The van der Waals surface area contributed by atoms with Crippen LogP contribution in [0.2, 0.25) is 0 Å². The Hall–Kier alpha value is -1.45. The molecule has 2 rings (SSSR count). The van der Waals surface area contributed by atoms with Crippen LogP contribution in [0, 0.1) is 0 Å². The highest BCUT2D eigenvalue weighted by atomic mass is 16.4. The van der Waals surface area contributed by atoms with Crippen LogP contribution in [0.5, 0.6) is 0 Å². The molecule has 1 aromatic rings. The molecule has 13 heavy (non-hydrogen) atoms. The number of rotatable bonds is 2. The number of aromatic carboxylic acids is 1. The van der Waals surface area contributed by atoms with Gasteiger partial charge in [-0.25, -0.2) is 4.79 Å². The van der Waals surface area contributed by atoms with E-state index in [-0.39, 0.29) is 5.76 Å². The van der Waals surface area contributed by atoms with Crippen LogP contribution < -0.4 is 4.90 Å². The summed E-state index contributed by atoms with van der Waals surface area (Å²) >= 11 is 0. The molecule has 1 aliphatic rings. The third-order valence-corrected chi connectivity index (χ3v) is 2.27. The van der Waals surface area contributed by atoms with Gasteiger partial charge < -0.3 is 14.4 Å². The number of carboxylic acids is 1. The summed E-state index contributed by atoms with van der Waals surface area (Å²) in [5, 5.41) is 8.63. The first-order valence-electron chi connectivity index (χ1n) is 4.34. The van der Waals surface area contributed by atoms with Gasteiger partial charge in [0, 0.05) is 19.2 Å². The molecule has 0 aliphatic carbocycles. The predicted molar refractivity (Wildman–Crippen MR) is 47.1 cm³/mol. The summed E-state index contributed by atoms with van der Waals surface area (Å²) < 4.78 is 4.90. The number of nitrogens with zero attached hydrogens (tertiary/aromatic N) is 1. The molecule has 0 saturated carbocycles. The fraction of sp³-hybridized carbons (Fsp3) is 0.444. The highest BCUT2D eigenvalue weighted by molar-refractivity contribution is 5.85. The van der Waals surface area contributed by atoms with Crippen LogP contribution in [-0.4, -0.2) is 24.2 Å². The minimum absolute atomic E-state index is 0.0156. The highest BCUT2D eigenvalue weighted by Crippen LogP contribution is 2.22. The van der Waals surface area contributed by atoms with Crippen LogP contribution >= 0.6 is 0 Å². The molecular formula is C9H11NO3. The second kappa shape index (κ2) is 3.12. The third-order valence-electron chi connectivity index (χ3n) is 2.27. The molecule has 1 fully saturated rings. The summed E-state index contributed by atoms with van der Waals surface area (Å²) in [6, 6.07) is 1.58. The molecule has 70 valence electrons. The Morgan fingerprint density at radius 2 is 2.15 bits per heavy atom. The maximum absolute atomic E-state index is 10.5. The van der Waals surface area contributed by atoms with E-state index in [9.17, 15) is 4.79 Å². The molecule has 0 unspecified atom stereocenters. The fourth-order valence-electron chi connectivity index (χ4n) is 1.58. The van der Waals surface area contributed by atoms with Crippen molar-refractivity contribution in [1.82, 2.24) is 0 Å². The SMILES string of the molecule is O=C(O)c1cc(N2CCCC2)co1. The smallest absolute Gasteiger partial charge is 0.371 e. The fourth-order valence-corrected chi connectivity index (χ4v) is 1.58. The van der Waals surface area contributed by atoms with Crippen LogP contribution in [0.4, 0.5) is 5.69 Å². The van der Waals surface area contributed by atoms with Crippen molar-refractivity contribution in [2.45, 2.75) is 12.8 Å². The minimum Gasteiger partial charge on any atom is -0.475 e. The number of furan rings is 1. The van der Waals surface area contributed by atoms with Crippen molar-refractivity contribution in [2.75, 3.05) is 18.0 Å². The first-order chi connectivity index (χ1) is 6.27. The monoisotopic (exact) mass is 181 g/mol. The minimum atomic E-state index is -1.01. The first kappa shape index (κ1) is 8.16. The maximum atomic E-state index is 10.5. The lowest BCUT2D eigenvalue weighted by atomic mass is 10.4. The molecule has 1 aromatic heterocycles. The van der Waals surface area contributed by atoms with Crippen molar-refractivity contribution in [3.05, 3.63) is 18.1 Å². The summed E-state index contributed by atoms with van der Waals surface area (Å²) in [5.41, 5.74) is 0.884. The van der Waals surface area contributed by atoms with E-state index in [1.807, 2.05) is 0 Å². The average molecular weight is 181 g/mol. The van der Waals surface area contributed by atoms with Crippen molar-refractivity contribution >= 4 is 11.7 Å². The van der Waals surface area contributed by atoms with Crippen LogP contribution in [0.3, 0.4) is 0 Å². The van der Waals surface area contributed by atoms with E-state index in [0.29, 0.717) is 0 Å². The Morgan fingerprint density at radius 3 is 2.69 bits per heavy atom. The molecule has 0 radical (unpaired) electrons. The zero-order valence-corrected chi connectivity index (χ0v) is 7.19. The molecule has 0 bridgehead atoms. The standard InChI is InChI=1S/C9H11NO3/c11-9(12)8-5-7(6-13-8)10-3-1-2-4-10/h5-6H,1-4H2,(H,11,12). The Kier molecular flexibility index (Phi) is 1.96. The topological polar surface area (TPSA) is 53.7 Å². The maximum Gasteiger partial charge on any atom is 0.371 e. The lowest BCUT2D eigenvalue weighted by Gasteiger charge is -2.13. The average Bonchev–Trinajstić information content (AvgIpc) is 2.75. The second-order valence-electron chi connectivity index (χ2n) is 3.17. The Labute approximate surface area is 75.8 Å². The lowest BCUT2D eigenvalue weighted by molar-refractivity contribution is 0.0662. The van der Waals surface area contributed by atoms with E-state index in [4.69, 9.17) is 9.52 Å². The van der Waals surface area contributed by atoms with Crippen molar-refractivity contribution in [1.29, 1.82) is 0 Å². The van der Waals surface area contributed by atoms with Crippen molar-refractivity contribution < 1.29 is 14.3 Å². The van der Waals surface area contributed by atoms with Crippen LogP contribution in [0.1, 0.15) is 23.4 Å². The van der Waals surface area contributed by atoms with E-state index in [1.165, 1.54) is 19.1 Å². The molecule has 0 atom stereocenters. The number of hydrogen-bond acceptors (Lipinski definition) is 3. The van der Waals surface area contributed by atoms with Crippen LogP contribution in [0.15, 0.2) is 16.7 Å². The number of hydrogen-bond donors (Lipinski definition) is 1. The third kappa shape index (κ3) is 1.52. The zero-order chi connectivity index (χ0) is 9.26. The van der Waals surface area contributed by atoms with Crippen molar-refractivity contribution in [2.24, 2.45) is 0 Å². The van der Waals surface area contributed by atoms with Gasteiger partial charge in [-0.3, -0.25) is 0 Å². The Bertz CT molecular complexity index is 312. The van der Waals surface area contributed by atoms with E-state index >= 15 is 0 Å². The molecule has 1 saturated heterocycles. The Balaban J connectivity index is 2.16.